The number of methoxy groups -OCH3 is 1. The smallest absolute Gasteiger partial charge is 0.360 e. The third-order valence-corrected chi connectivity index (χ3v) is 6.28. The number of aromatic nitrogens is 2. The van der Waals surface area contributed by atoms with Crippen LogP contribution in [0.15, 0.2) is 33.3 Å². The molecule has 0 saturated carbocycles. The molecule has 2 aromatic heterocycles. The number of benzene rings is 1. The standard InChI is InChI=1S/C19H15Br2N3O4/c1-3-28-19(26)15-17(25)13-14(20)18(21)24(16(13)11(8-22)23-15)9-10-6-4-5-7-12(10)27-2/h4-7,25H,3,9H2,1-2H3. The zero-order valence-electron chi connectivity index (χ0n) is 15.0. The summed E-state index contributed by atoms with van der Waals surface area (Å²) in [5, 5.41) is 20.6. The molecular weight excluding hydrogens is 494 g/mol. The number of nitriles is 1. The van der Waals surface area contributed by atoms with Crippen LogP contribution in [0.5, 0.6) is 11.5 Å². The zero-order chi connectivity index (χ0) is 20.4. The van der Waals surface area contributed by atoms with Crippen LogP contribution in [0.2, 0.25) is 0 Å². The van der Waals surface area contributed by atoms with Crippen molar-refractivity contribution in [1.82, 2.24) is 9.55 Å². The fourth-order valence-corrected chi connectivity index (χ4v) is 4.02. The van der Waals surface area contributed by atoms with Gasteiger partial charge in [0.1, 0.15) is 16.4 Å². The van der Waals surface area contributed by atoms with Crippen molar-refractivity contribution < 1.29 is 19.4 Å². The van der Waals surface area contributed by atoms with E-state index >= 15 is 0 Å². The van der Waals surface area contributed by atoms with Crippen LogP contribution in [-0.4, -0.2) is 34.3 Å². The van der Waals surface area contributed by atoms with Gasteiger partial charge >= 0.3 is 5.97 Å². The van der Waals surface area contributed by atoms with Gasteiger partial charge in [0.05, 0.1) is 35.6 Å². The molecular formula is C19H15Br2N3O4. The van der Waals surface area contributed by atoms with Crippen molar-refractivity contribution in [3.05, 3.63) is 50.3 Å². The van der Waals surface area contributed by atoms with Gasteiger partial charge in [-0.2, -0.15) is 5.26 Å². The van der Waals surface area contributed by atoms with Crippen LogP contribution >= 0.6 is 31.9 Å². The first-order valence-electron chi connectivity index (χ1n) is 8.23. The average Bonchev–Trinajstić information content (AvgIpc) is 2.94. The van der Waals surface area contributed by atoms with Gasteiger partial charge in [-0.25, -0.2) is 9.78 Å². The van der Waals surface area contributed by atoms with Crippen molar-refractivity contribution in [3.8, 4) is 17.6 Å². The maximum absolute atomic E-state index is 12.2. The SMILES string of the molecule is CCOC(=O)c1nc(C#N)c2c(c1O)c(Br)c(Br)n2Cc1ccccc1OC. The highest BCUT2D eigenvalue weighted by Gasteiger charge is 2.27. The molecule has 9 heteroatoms. The second kappa shape index (κ2) is 8.20. The molecule has 0 aliphatic heterocycles. The summed E-state index contributed by atoms with van der Waals surface area (Å²) < 4.78 is 13.2. The molecule has 144 valence electrons. The number of hydrogen-bond acceptors (Lipinski definition) is 6. The van der Waals surface area contributed by atoms with E-state index in [9.17, 15) is 15.2 Å². The molecule has 0 aliphatic carbocycles. The average molecular weight is 509 g/mol. The number of para-hydroxylation sites is 1. The predicted octanol–water partition coefficient (Wildman–Crippen LogP) is 4.37. The number of rotatable bonds is 5. The molecule has 3 rings (SSSR count). The topological polar surface area (TPSA) is 97.4 Å². The highest BCUT2D eigenvalue weighted by Crippen LogP contribution is 2.42. The first kappa shape index (κ1) is 20.2. The number of carbonyl (C=O) groups is 1. The Hall–Kier alpha value is -2.57. The third kappa shape index (κ3) is 3.34. The van der Waals surface area contributed by atoms with Crippen LogP contribution in [0.4, 0.5) is 0 Å². The summed E-state index contributed by atoms with van der Waals surface area (Å²) in [6.45, 7) is 2.12. The molecule has 0 saturated heterocycles. The third-order valence-electron chi connectivity index (χ3n) is 4.15. The predicted molar refractivity (Wildman–Crippen MR) is 110 cm³/mol. The molecule has 28 heavy (non-hydrogen) atoms. The Kier molecular flexibility index (Phi) is 5.91. The number of nitrogens with zero attached hydrogens (tertiary/aromatic N) is 3. The molecule has 0 fully saturated rings. The van der Waals surface area contributed by atoms with Gasteiger partial charge in [0.15, 0.2) is 17.1 Å². The largest absolute Gasteiger partial charge is 0.505 e. The van der Waals surface area contributed by atoms with Crippen LogP contribution in [-0.2, 0) is 11.3 Å². The minimum Gasteiger partial charge on any atom is -0.505 e. The normalized spacial score (nSPS) is 10.7. The van der Waals surface area contributed by atoms with Crippen molar-refractivity contribution in [1.29, 1.82) is 5.26 Å². The summed E-state index contributed by atoms with van der Waals surface area (Å²) in [6.07, 6.45) is 0. The van der Waals surface area contributed by atoms with E-state index in [1.165, 1.54) is 0 Å². The van der Waals surface area contributed by atoms with Gasteiger partial charge < -0.3 is 19.1 Å². The summed E-state index contributed by atoms with van der Waals surface area (Å²) in [5.74, 6) is -0.455. The van der Waals surface area contributed by atoms with Gasteiger partial charge in [-0.15, -0.1) is 0 Å². The molecule has 0 radical (unpaired) electrons. The Morgan fingerprint density at radius 1 is 1.36 bits per heavy atom. The maximum atomic E-state index is 12.2. The van der Waals surface area contributed by atoms with Gasteiger partial charge in [-0.1, -0.05) is 18.2 Å². The fraction of sp³-hybridized carbons (Fsp3) is 0.211. The Morgan fingerprint density at radius 3 is 2.71 bits per heavy atom. The van der Waals surface area contributed by atoms with Crippen LogP contribution in [0.3, 0.4) is 0 Å². The lowest BCUT2D eigenvalue weighted by molar-refractivity contribution is 0.0516. The zero-order valence-corrected chi connectivity index (χ0v) is 18.2. The van der Waals surface area contributed by atoms with E-state index in [1.54, 1.807) is 18.6 Å². The lowest BCUT2D eigenvalue weighted by atomic mass is 10.1. The first-order valence-corrected chi connectivity index (χ1v) is 9.82. The van der Waals surface area contributed by atoms with E-state index in [-0.39, 0.29) is 23.7 Å². The molecule has 2 heterocycles. The second-order valence-corrected chi connectivity index (χ2v) is 7.26. The van der Waals surface area contributed by atoms with E-state index in [0.717, 1.165) is 5.56 Å². The van der Waals surface area contributed by atoms with Gasteiger partial charge in [-0.05, 0) is 44.8 Å². The van der Waals surface area contributed by atoms with Crippen LogP contribution in [0, 0.1) is 11.3 Å². The minimum atomic E-state index is -0.793. The number of fused-ring (bicyclic) bond motifs is 1. The van der Waals surface area contributed by atoms with Crippen molar-refractivity contribution in [2.45, 2.75) is 13.5 Å². The van der Waals surface area contributed by atoms with E-state index in [0.29, 0.717) is 32.3 Å². The van der Waals surface area contributed by atoms with E-state index in [4.69, 9.17) is 9.47 Å². The van der Waals surface area contributed by atoms with E-state index in [2.05, 4.69) is 36.8 Å². The van der Waals surface area contributed by atoms with Crippen molar-refractivity contribution >= 4 is 48.7 Å². The summed E-state index contributed by atoms with van der Waals surface area (Å²) in [4.78, 5) is 16.2. The molecule has 0 aliphatic rings. The second-order valence-electron chi connectivity index (χ2n) is 5.72. The van der Waals surface area contributed by atoms with Gasteiger partial charge in [0, 0.05) is 5.56 Å². The number of esters is 1. The number of ether oxygens (including phenoxy) is 2. The Labute approximate surface area is 177 Å². The van der Waals surface area contributed by atoms with Gasteiger partial charge in [0.25, 0.3) is 0 Å². The van der Waals surface area contributed by atoms with Gasteiger partial charge in [-0.3, -0.25) is 0 Å². The molecule has 0 spiro atoms. The highest BCUT2D eigenvalue weighted by atomic mass is 79.9. The van der Waals surface area contributed by atoms with Crippen molar-refractivity contribution in [3.63, 3.8) is 0 Å². The Bertz CT molecular complexity index is 1120. The molecule has 0 unspecified atom stereocenters. The van der Waals surface area contributed by atoms with Gasteiger partial charge in [0.2, 0.25) is 0 Å². The minimum absolute atomic E-state index is 0.00264. The van der Waals surface area contributed by atoms with Crippen molar-refractivity contribution in [2.24, 2.45) is 0 Å². The Balaban J connectivity index is 2.28. The first-order chi connectivity index (χ1) is 13.4. The summed E-state index contributed by atoms with van der Waals surface area (Å²) in [5.41, 5.74) is 0.955. The van der Waals surface area contributed by atoms with Crippen molar-refractivity contribution in [2.75, 3.05) is 13.7 Å². The number of carbonyl (C=O) groups excluding carboxylic acids is 1. The number of halogens is 2. The molecule has 0 atom stereocenters. The molecule has 1 N–H and O–H groups in total. The van der Waals surface area contributed by atoms with E-state index < -0.39 is 5.97 Å². The number of hydrogen-bond donors (Lipinski definition) is 1. The van der Waals surface area contributed by atoms with E-state index in [1.807, 2.05) is 30.3 Å². The highest BCUT2D eigenvalue weighted by molar-refractivity contribution is 9.13. The van der Waals surface area contributed by atoms with Crippen LogP contribution in [0.1, 0.15) is 28.7 Å². The summed E-state index contributed by atoms with van der Waals surface area (Å²) in [6, 6.07) is 9.49. The quantitative estimate of drug-likeness (QED) is 0.514. The number of aromatic hydroxyl groups is 1. The molecule has 0 amide bonds. The van der Waals surface area contributed by atoms with Crippen LogP contribution < -0.4 is 4.74 Å². The lowest BCUT2D eigenvalue weighted by Gasteiger charge is -2.12. The monoisotopic (exact) mass is 507 g/mol. The number of pyridine rings is 1. The maximum Gasteiger partial charge on any atom is 0.360 e. The van der Waals surface area contributed by atoms with Crippen LogP contribution in [0.25, 0.3) is 10.9 Å². The molecule has 7 nitrogen and oxygen atoms in total. The lowest BCUT2D eigenvalue weighted by Crippen LogP contribution is -2.10. The summed E-state index contributed by atoms with van der Waals surface area (Å²) in [7, 11) is 1.58. The Morgan fingerprint density at radius 2 is 2.07 bits per heavy atom. The molecule has 3 aromatic rings. The summed E-state index contributed by atoms with van der Waals surface area (Å²) >= 11 is 6.94. The fourth-order valence-electron chi connectivity index (χ4n) is 2.93. The molecule has 1 aromatic carbocycles. The molecule has 0 bridgehead atoms.